The van der Waals surface area contributed by atoms with Crippen LogP contribution < -0.4 is 9.64 Å². The van der Waals surface area contributed by atoms with Crippen LogP contribution in [-0.4, -0.2) is 63.2 Å². The fourth-order valence-electron chi connectivity index (χ4n) is 3.47. The topological polar surface area (TPSA) is 75.9 Å². The first-order valence-electron chi connectivity index (χ1n) is 9.68. The summed E-state index contributed by atoms with van der Waals surface area (Å²) in [6.45, 7) is 6.78. The van der Waals surface area contributed by atoms with E-state index in [1.165, 1.54) is 0 Å². The van der Waals surface area contributed by atoms with Crippen molar-refractivity contribution in [2.45, 2.75) is 20.3 Å². The fraction of sp³-hybridized carbons (Fsp3) is 0.400. The zero-order chi connectivity index (χ0) is 20.4. The molecule has 29 heavy (non-hydrogen) atoms. The Morgan fingerprint density at radius 2 is 1.86 bits per heavy atom. The van der Waals surface area contributed by atoms with Gasteiger partial charge in [0.05, 0.1) is 0 Å². The molecule has 9 heteroatoms. The highest BCUT2D eigenvalue weighted by Crippen LogP contribution is 2.19. The highest BCUT2D eigenvalue weighted by molar-refractivity contribution is 6.30. The van der Waals surface area contributed by atoms with Crippen molar-refractivity contribution in [1.82, 2.24) is 24.5 Å². The van der Waals surface area contributed by atoms with Crippen LogP contribution >= 0.6 is 11.6 Å². The number of fused-ring (bicyclic) bond motifs is 1. The molecule has 8 nitrogen and oxygen atoms in total. The van der Waals surface area contributed by atoms with Crippen molar-refractivity contribution >= 4 is 29.1 Å². The van der Waals surface area contributed by atoms with Gasteiger partial charge in [-0.25, -0.2) is 0 Å². The fourth-order valence-corrected chi connectivity index (χ4v) is 3.60. The van der Waals surface area contributed by atoms with Gasteiger partial charge in [0.2, 0.25) is 0 Å². The third-order valence-corrected chi connectivity index (χ3v) is 5.32. The van der Waals surface area contributed by atoms with Crippen molar-refractivity contribution < 1.29 is 9.53 Å². The first-order chi connectivity index (χ1) is 14.0. The predicted molar refractivity (Wildman–Crippen MR) is 111 cm³/mol. The lowest BCUT2D eigenvalue weighted by Gasteiger charge is -2.35. The third kappa shape index (κ3) is 4.12. The summed E-state index contributed by atoms with van der Waals surface area (Å²) < 4.78 is 7.55. The number of aryl methyl sites for hydroxylation is 2. The summed E-state index contributed by atoms with van der Waals surface area (Å²) in [5, 5.41) is 9.04. The summed E-state index contributed by atoms with van der Waals surface area (Å²) in [5.41, 5.74) is 1.06. The number of halogens is 1. The Morgan fingerprint density at radius 3 is 2.55 bits per heavy atom. The number of hydrogen-bond donors (Lipinski definition) is 0. The third-order valence-electron chi connectivity index (χ3n) is 5.07. The van der Waals surface area contributed by atoms with Crippen LogP contribution in [0.5, 0.6) is 5.75 Å². The van der Waals surface area contributed by atoms with Crippen molar-refractivity contribution in [3.63, 3.8) is 0 Å². The van der Waals surface area contributed by atoms with Gasteiger partial charge in [0.15, 0.2) is 6.61 Å². The molecule has 0 radical (unpaired) electrons. The zero-order valence-electron chi connectivity index (χ0n) is 16.5. The van der Waals surface area contributed by atoms with E-state index in [0.29, 0.717) is 42.7 Å². The van der Waals surface area contributed by atoms with Gasteiger partial charge in [0.1, 0.15) is 17.4 Å². The summed E-state index contributed by atoms with van der Waals surface area (Å²) in [6, 6.07) is 9.05. The van der Waals surface area contributed by atoms with E-state index in [1.807, 2.05) is 16.2 Å². The molecule has 0 atom stereocenters. The lowest BCUT2D eigenvalue weighted by atomic mass is 10.3. The van der Waals surface area contributed by atoms with Crippen LogP contribution in [0.4, 0.5) is 5.82 Å². The van der Waals surface area contributed by atoms with Crippen LogP contribution in [0.2, 0.25) is 5.02 Å². The van der Waals surface area contributed by atoms with Gasteiger partial charge < -0.3 is 14.5 Å². The summed E-state index contributed by atoms with van der Waals surface area (Å²) in [4.78, 5) is 21.1. The maximum atomic E-state index is 12.5. The Labute approximate surface area is 174 Å². The van der Waals surface area contributed by atoms with E-state index in [0.717, 1.165) is 23.8 Å². The second-order valence-corrected chi connectivity index (χ2v) is 7.41. The van der Waals surface area contributed by atoms with Gasteiger partial charge in [-0.05, 0) is 31.2 Å². The summed E-state index contributed by atoms with van der Waals surface area (Å²) in [7, 11) is 0. The van der Waals surface area contributed by atoms with Crippen molar-refractivity contribution in [2.24, 2.45) is 0 Å². The minimum Gasteiger partial charge on any atom is -0.484 e. The van der Waals surface area contributed by atoms with Gasteiger partial charge in [-0.2, -0.15) is 4.98 Å². The number of nitrogens with zero attached hydrogens (tertiary/aromatic N) is 6. The van der Waals surface area contributed by atoms with E-state index in [2.05, 4.69) is 33.1 Å². The molecule has 2 aromatic heterocycles. The second-order valence-electron chi connectivity index (χ2n) is 6.97. The van der Waals surface area contributed by atoms with Gasteiger partial charge in [-0.15, -0.1) is 10.2 Å². The molecule has 0 unspecified atom stereocenters. The molecule has 0 saturated carbocycles. The number of carbonyl (C=O) groups excluding carboxylic acids is 1. The highest BCUT2D eigenvalue weighted by Gasteiger charge is 2.23. The minimum atomic E-state index is -0.0239. The Bertz CT molecular complexity index is 1010. The molecule has 1 aliphatic rings. The number of benzene rings is 1. The van der Waals surface area contributed by atoms with Crippen LogP contribution in [-0.2, 0) is 11.2 Å². The van der Waals surface area contributed by atoms with E-state index < -0.39 is 0 Å². The van der Waals surface area contributed by atoms with Crippen LogP contribution in [0, 0.1) is 6.92 Å². The Morgan fingerprint density at radius 1 is 1.14 bits per heavy atom. The largest absolute Gasteiger partial charge is 0.484 e. The number of ether oxygens (including phenoxy) is 1. The standard InChI is InChI=1S/C20H23ClN6O2/c1-3-17-23-24-20-22-18(12-14(2)27(17)20)25-8-10-26(11-9-25)19(28)13-29-16-6-4-15(21)5-7-16/h4-7,12H,3,8-11,13H2,1-2H3. The number of hydrogen-bond acceptors (Lipinski definition) is 6. The SMILES string of the molecule is CCc1nnc2nc(N3CCN(C(=O)COc4ccc(Cl)cc4)CC3)cc(C)n12. The van der Waals surface area contributed by atoms with Gasteiger partial charge in [0.25, 0.3) is 11.7 Å². The number of anilines is 1. The molecule has 0 spiro atoms. The van der Waals surface area contributed by atoms with E-state index in [1.54, 1.807) is 24.3 Å². The first kappa shape index (κ1) is 19.4. The maximum Gasteiger partial charge on any atom is 0.260 e. The molecule has 3 aromatic rings. The first-order valence-corrected chi connectivity index (χ1v) is 10.1. The van der Waals surface area contributed by atoms with E-state index in [9.17, 15) is 4.79 Å². The summed E-state index contributed by atoms with van der Waals surface area (Å²) in [6.07, 6.45) is 0.807. The minimum absolute atomic E-state index is 0.0183. The molecule has 1 aromatic carbocycles. The van der Waals surface area contributed by atoms with Crippen LogP contribution in [0.3, 0.4) is 0 Å². The van der Waals surface area contributed by atoms with Gasteiger partial charge in [-0.1, -0.05) is 18.5 Å². The Balaban J connectivity index is 1.36. The van der Waals surface area contributed by atoms with Crippen LogP contribution in [0.25, 0.3) is 5.78 Å². The molecule has 0 aliphatic carbocycles. The molecule has 0 N–H and O–H groups in total. The lowest BCUT2D eigenvalue weighted by molar-refractivity contribution is -0.133. The van der Waals surface area contributed by atoms with Crippen LogP contribution in [0.15, 0.2) is 30.3 Å². The average molecular weight is 415 g/mol. The maximum absolute atomic E-state index is 12.5. The summed E-state index contributed by atoms with van der Waals surface area (Å²) in [5.74, 6) is 3.01. The van der Waals surface area contributed by atoms with Gasteiger partial charge >= 0.3 is 0 Å². The van der Waals surface area contributed by atoms with E-state index >= 15 is 0 Å². The molecule has 1 aliphatic heterocycles. The molecule has 152 valence electrons. The lowest BCUT2D eigenvalue weighted by Crippen LogP contribution is -2.50. The molecule has 0 bridgehead atoms. The zero-order valence-corrected chi connectivity index (χ0v) is 17.3. The van der Waals surface area contributed by atoms with Crippen molar-refractivity contribution in [2.75, 3.05) is 37.7 Å². The number of piperazine rings is 1. The number of amides is 1. The van der Waals surface area contributed by atoms with Crippen molar-refractivity contribution in [1.29, 1.82) is 0 Å². The summed E-state index contributed by atoms with van der Waals surface area (Å²) >= 11 is 5.86. The molecule has 1 amide bonds. The Kier molecular flexibility index (Phi) is 5.53. The molecule has 1 fully saturated rings. The Hall–Kier alpha value is -2.87. The monoisotopic (exact) mass is 414 g/mol. The van der Waals surface area contributed by atoms with Gasteiger partial charge in [0, 0.05) is 49.4 Å². The van der Waals surface area contributed by atoms with Crippen molar-refractivity contribution in [3.8, 4) is 5.75 Å². The quantitative estimate of drug-likeness (QED) is 0.638. The van der Waals surface area contributed by atoms with Gasteiger partial charge in [-0.3, -0.25) is 9.20 Å². The number of carbonyl (C=O) groups is 1. The molecule has 3 heterocycles. The molecular weight excluding hydrogens is 392 g/mol. The average Bonchev–Trinajstić information content (AvgIpc) is 3.17. The number of rotatable bonds is 5. The second kappa shape index (κ2) is 8.24. The highest BCUT2D eigenvalue weighted by atomic mass is 35.5. The van der Waals surface area contributed by atoms with E-state index in [4.69, 9.17) is 16.3 Å². The number of aromatic nitrogens is 4. The van der Waals surface area contributed by atoms with Crippen LogP contribution in [0.1, 0.15) is 18.4 Å². The molecular formula is C20H23ClN6O2. The molecule has 4 rings (SSSR count). The normalized spacial score (nSPS) is 14.4. The van der Waals surface area contributed by atoms with Crippen molar-refractivity contribution in [3.05, 3.63) is 46.9 Å². The van der Waals surface area contributed by atoms with E-state index in [-0.39, 0.29) is 12.5 Å². The molecule has 1 saturated heterocycles. The predicted octanol–water partition coefficient (Wildman–Crippen LogP) is 2.38. The smallest absolute Gasteiger partial charge is 0.260 e.